The number of hydrogen-bond acceptors (Lipinski definition) is 6. The molecule has 44 heavy (non-hydrogen) atoms. The Morgan fingerprint density at radius 1 is 1.02 bits per heavy atom. The van der Waals surface area contributed by atoms with E-state index < -0.39 is 5.41 Å². The number of phenolic OH excluding ortho intramolecular Hbond substituents is 1. The van der Waals surface area contributed by atoms with Crippen molar-refractivity contribution in [1.29, 1.82) is 0 Å². The number of aliphatic hydroxyl groups excluding tert-OH is 1. The van der Waals surface area contributed by atoms with E-state index in [1.165, 1.54) is 0 Å². The molecule has 0 aromatic heterocycles. The molecule has 1 spiro atoms. The van der Waals surface area contributed by atoms with Crippen LogP contribution in [-0.2, 0) is 19.1 Å². The zero-order valence-electron chi connectivity index (χ0n) is 26.6. The third-order valence-electron chi connectivity index (χ3n) is 11.0. The van der Waals surface area contributed by atoms with Crippen molar-refractivity contribution in [1.82, 2.24) is 0 Å². The zero-order valence-corrected chi connectivity index (χ0v) is 26.6. The van der Waals surface area contributed by atoms with Crippen molar-refractivity contribution >= 4 is 17.5 Å². The summed E-state index contributed by atoms with van der Waals surface area (Å²) in [5, 5.41) is 19.5. The Morgan fingerprint density at radius 3 is 2.59 bits per heavy atom. The van der Waals surface area contributed by atoms with Crippen LogP contribution in [0.15, 0.2) is 64.7 Å². The number of carbonyl (C=O) groups is 2. The molecule has 1 saturated heterocycles. The van der Waals surface area contributed by atoms with Crippen LogP contribution in [0.25, 0.3) is 5.57 Å². The maximum atomic E-state index is 14.0. The number of cyclic esters (lactones) is 2. The molecule has 236 valence electrons. The molecule has 1 aromatic carbocycles. The van der Waals surface area contributed by atoms with Gasteiger partial charge in [-0.2, -0.15) is 0 Å². The largest absolute Gasteiger partial charge is 0.508 e. The van der Waals surface area contributed by atoms with E-state index in [1.807, 2.05) is 12.1 Å². The maximum absolute atomic E-state index is 14.0. The molecule has 2 heterocycles. The quantitative estimate of drug-likeness (QED) is 0.186. The van der Waals surface area contributed by atoms with Gasteiger partial charge in [0.05, 0.1) is 11.0 Å². The van der Waals surface area contributed by atoms with Crippen LogP contribution in [0, 0.1) is 35.0 Å². The molecule has 2 N–H and O–H groups in total. The molecule has 5 unspecified atom stereocenters. The van der Waals surface area contributed by atoms with E-state index >= 15 is 0 Å². The molecule has 2 bridgehead atoms. The summed E-state index contributed by atoms with van der Waals surface area (Å²) < 4.78 is 12.3. The van der Waals surface area contributed by atoms with Gasteiger partial charge in [0.15, 0.2) is 0 Å². The number of esters is 2. The second kappa shape index (κ2) is 12.7. The molecule has 1 aromatic rings. The summed E-state index contributed by atoms with van der Waals surface area (Å²) in [6.07, 6.45) is 15.5. The molecule has 1 saturated carbocycles. The van der Waals surface area contributed by atoms with Gasteiger partial charge in [0.25, 0.3) is 0 Å². The molecule has 6 heteroatoms. The zero-order chi connectivity index (χ0) is 31.0. The molecular weight excluding hydrogens is 552 g/mol. The molecule has 2 aliphatic heterocycles. The molecule has 6 nitrogen and oxygen atoms in total. The summed E-state index contributed by atoms with van der Waals surface area (Å²) in [4.78, 5) is 27.8. The number of aromatic hydroxyl groups is 1. The molecule has 0 amide bonds. The number of ether oxygens (including phenoxy) is 2. The first-order valence-electron chi connectivity index (χ1n) is 17.0. The Bertz CT molecular complexity index is 1430. The second-order valence-electron chi connectivity index (χ2n) is 14.0. The highest BCUT2D eigenvalue weighted by Gasteiger charge is 2.68. The van der Waals surface area contributed by atoms with E-state index in [2.05, 4.69) is 32.9 Å². The van der Waals surface area contributed by atoms with Gasteiger partial charge in [0.2, 0.25) is 0 Å². The van der Waals surface area contributed by atoms with Crippen molar-refractivity contribution < 1.29 is 29.3 Å². The topological polar surface area (TPSA) is 93.1 Å². The summed E-state index contributed by atoms with van der Waals surface area (Å²) in [7, 11) is 0. The van der Waals surface area contributed by atoms with Gasteiger partial charge in [-0.3, -0.25) is 0 Å². The number of carbonyl (C=O) groups excluding carboxylic acids is 2. The van der Waals surface area contributed by atoms with E-state index in [9.17, 15) is 14.7 Å². The van der Waals surface area contributed by atoms with Gasteiger partial charge in [-0.15, -0.1) is 0 Å². The highest BCUT2D eigenvalue weighted by Crippen LogP contribution is 2.71. The van der Waals surface area contributed by atoms with Crippen LogP contribution in [0.4, 0.5) is 0 Å². The van der Waals surface area contributed by atoms with E-state index in [4.69, 9.17) is 14.6 Å². The molecule has 6 aliphatic rings. The summed E-state index contributed by atoms with van der Waals surface area (Å²) in [6, 6.07) is 7.28. The third-order valence-corrected chi connectivity index (χ3v) is 11.0. The second-order valence-corrected chi connectivity index (χ2v) is 14.0. The molecule has 4 aliphatic carbocycles. The van der Waals surface area contributed by atoms with Crippen molar-refractivity contribution in [3.05, 3.63) is 70.2 Å². The van der Waals surface area contributed by atoms with Crippen LogP contribution < -0.4 is 0 Å². The number of unbranched alkanes of at least 4 members (excludes halogenated alkanes) is 4. The smallest absolute Gasteiger partial charge is 0.340 e. The summed E-state index contributed by atoms with van der Waals surface area (Å²) in [6.45, 7) is 6.91. The lowest BCUT2D eigenvalue weighted by Gasteiger charge is -2.56. The maximum Gasteiger partial charge on any atom is 0.340 e. The number of rotatable bonds is 12. The number of aliphatic hydroxyl groups is 1. The minimum atomic E-state index is -0.706. The van der Waals surface area contributed by atoms with E-state index in [0.717, 1.165) is 105 Å². The molecule has 0 radical (unpaired) electrons. The van der Waals surface area contributed by atoms with Gasteiger partial charge in [0.1, 0.15) is 17.3 Å². The van der Waals surface area contributed by atoms with Crippen molar-refractivity contribution in [3.8, 4) is 5.75 Å². The van der Waals surface area contributed by atoms with Crippen LogP contribution in [0.1, 0.15) is 103 Å². The highest BCUT2D eigenvalue weighted by molar-refractivity contribution is 6.06. The standard InChI is InChI=1S/C38H48O6/c1-4-24(15-14-23(2)3)21-31-38-19-18-27(32(35(38)37(42)44-31)25-11-10-12-26(40)22-25)28-16-17-29-30(13-8-6-5-7-9-20-39)43-36(41)33(29)34(28)38/h10-13,21-24,27-28,34,39-40H,4-9,14-20H2,1-3H3. The lowest BCUT2D eigenvalue weighted by molar-refractivity contribution is -0.135. The Hall–Kier alpha value is -3.12. The van der Waals surface area contributed by atoms with Gasteiger partial charge >= 0.3 is 11.9 Å². The Balaban J connectivity index is 1.47. The number of benzene rings is 1. The number of fused-ring (bicyclic) bond motifs is 1. The predicted octanol–water partition coefficient (Wildman–Crippen LogP) is 8.17. The minimum Gasteiger partial charge on any atom is -0.508 e. The number of allylic oxidation sites excluding steroid dienone is 5. The fraction of sp³-hybridized carbons (Fsp3) is 0.579. The van der Waals surface area contributed by atoms with E-state index in [-0.39, 0.29) is 48.0 Å². The molecule has 7 rings (SSSR count). The van der Waals surface area contributed by atoms with Crippen LogP contribution in [0.2, 0.25) is 0 Å². The fourth-order valence-corrected chi connectivity index (χ4v) is 8.92. The monoisotopic (exact) mass is 600 g/mol. The Kier molecular flexibility index (Phi) is 8.92. The van der Waals surface area contributed by atoms with Crippen molar-refractivity contribution in [2.75, 3.05) is 6.61 Å². The fourth-order valence-electron chi connectivity index (χ4n) is 8.92. The van der Waals surface area contributed by atoms with Crippen LogP contribution in [0.3, 0.4) is 0 Å². The first kappa shape index (κ1) is 30.9. The highest BCUT2D eigenvalue weighted by atomic mass is 16.5. The Labute approximate surface area is 261 Å². The van der Waals surface area contributed by atoms with Crippen LogP contribution in [-0.4, -0.2) is 28.8 Å². The van der Waals surface area contributed by atoms with Crippen molar-refractivity contribution in [3.63, 3.8) is 0 Å². The lowest BCUT2D eigenvalue weighted by Crippen LogP contribution is -2.52. The average Bonchev–Trinajstić information content (AvgIpc) is 3.49. The van der Waals surface area contributed by atoms with Gasteiger partial charge < -0.3 is 19.7 Å². The first-order chi connectivity index (χ1) is 21.3. The summed E-state index contributed by atoms with van der Waals surface area (Å²) in [5.74, 6) is 2.08. The van der Waals surface area contributed by atoms with Gasteiger partial charge in [-0.1, -0.05) is 52.2 Å². The summed E-state index contributed by atoms with van der Waals surface area (Å²) >= 11 is 0. The van der Waals surface area contributed by atoms with Crippen LogP contribution >= 0.6 is 0 Å². The predicted molar refractivity (Wildman–Crippen MR) is 170 cm³/mol. The van der Waals surface area contributed by atoms with E-state index in [1.54, 1.807) is 12.1 Å². The van der Waals surface area contributed by atoms with Gasteiger partial charge in [0, 0.05) is 23.7 Å². The van der Waals surface area contributed by atoms with E-state index in [0.29, 0.717) is 17.3 Å². The van der Waals surface area contributed by atoms with Crippen molar-refractivity contribution in [2.45, 2.75) is 97.8 Å². The SMILES string of the molecule is CCC(C=C1OC(=O)C2=C(c3cccc(O)c3)C3CCC12C1C2=C(CCC31)C(=CCCCCCCO)OC2=O)CCC(C)C. The third kappa shape index (κ3) is 5.27. The van der Waals surface area contributed by atoms with Crippen molar-refractivity contribution in [2.24, 2.45) is 35.0 Å². The number of hydrogen-bond donors (Lipinski definition) is 2. The van der Waals surface area contributed by atoms with Gasteiger partial charge in [-0.25, -0.2) is 9.59 Å². The normalized spacial score (nSPS) is 29.8. The average molecular weight is 601 g/mol. The molecular formula is C38H48O6. The lowest BCUT2D eigenvalue weighted by atomic mass is 9.44. The summed E-state index contributed by atoms with van der Waals surface area (Å²) in [5.41, 5.74) is 3.68. The van der Waals surface area contributed by atoms with Gasteiger partial charge in [-0.05, 0) is 117 Å². The minimum absolute atomic E-state index is 0.106. The molecule has 2 fully saturated rings. The first-order valence-corrected chi connectivity index (χ1v) is 17.0. The number of phenols is 1. The Morgan fingerprint density at radius 2 is 1.84 bits per heavy atom. The van der Waals surface area contributed by atoms with Crippen LogP contribution in [0.5, 0.6) is 5.75 Å². The molecule has 5 atom stereocenters.